The molecular weight excluding hydrogens is 679 g/mol. The number of furan rings is 1. The minimum absolute atomic E-state index is 0.912. The lowest BCUT2D eigenvalue weighted by molar-refractivity contribution is 0.669. The molecule has 0 radical (unpaired) electrons. The predicted octanol–water partition coefficient (Wildman–Crippen LogP) is 15.5. The lowest BCUT2D eigenvalue weighted by Crippen LogP contribution is -2.11. The molecule has 11 rings (SSSR count). The van der Waals surface area contributed by atoms with Crippen LogP contribution in [0.4, 0.5) is 17.1 Å². The predicted molar refractivity (Wildman–Crippen MR) is 237 cm³/mol. The number of rotatable bonds is 6. The van der Waals surface area contributed by atoms with Crippen LogP contribution >= 0.6 is 0 Å². The van der Waals surface area contributed by atoms with Gasteiger partial charge in [-0.3, -0.25) is 0 Å². The van der Waals surface area contributed by atoms with Crippen molar-refractivity contribution >= 4 is 71.3 Å². The van der Waals surface area contributed by atoms with Crippen molar-refractivity contribution < 1.29 is 4.42 Å². The summed E-state index contributed by atoms with van der Waals surface area (Å²) in [4.78, 5) is 2.42. The Morgan fingerprint density at radius 3 is 1.59 bits per heavy atom. The van der Waals surface area contributed by atoms with Crippen LogP contribution in [0.1, 0.15) is 0 Å². The summed E-state index contributed by atoms with van der Waals surface area (Å²) in [6.07, 6.45) is 0. The zero-order chi connectivity index (χ0) is 37.0. The van der Waals surface area contributed by atoms with Crippen LogP contribution in [0.2, 0.25) is 0 Å². The monoisotopic (exact) mass is 713 g/mol. The minimum Gasteiger partial charge on any atom is -0.456 e. The average Bonchev–Trinajstić information content (AvgIpc) is 3.66. The molecule has 11 aromatic rings. The van der Waals surface area contributed by atoms with Gasteiger partial charge in [0.1, 0.15) is 11.2 Å². The first-order valence-electron chi connectivity index (χ1n) is 19.2. The lowest BCUT2D eigenvalue weighted by atomic mass is 9.87. The molecule has 0 N–H and O–H groups in total. The van der Waals surface area contributed by atoms with Gasteiger partial charge in [-0.2, -0.15) is 0 Å². The van der Waals surface area contributed by atoms with Gasteiger partial charge in [0.05, 0.1) is 5.69 Å². The van der Waals surface area contributed by atoms with Crippen molar-refractivity contribution in [2.45, 2.75) is 0 Å². The van der Waals surface area contributed by atoms with E-state index in [1.807, 2.05) is 6.07 Å². The molecule has 0 unspecified atom stereocenters. The van der Waals surface area contributed by atoms with Crippen molar-refractivity contribution in [1.82, 2.24) is 0 Å². The van der Waals surface area contributed by atoms with Gasteiger partial charge in [-0.25, -0.2) is 0 Å². The Kier molecular flexibility index (Phi) is 7.53. The third kappa shape index (κ3) is 5.19. The Labute approximate surface area is 325 Å². The van der Waals surface area contributed by atoms with Crippen molar-refractivity contribution in [3.8, 4) is 33.4 Å². The highest BCUT2D eigenvalue weighted by molar-refractivity contribution is 6.36. The van der Waals surface area contributed by atoms with Gasteiger partial charge in [-0.1, -0.05) is 164 Å². The van der Waals surface area contributed by atoms with Crippen molar-refractivity contribution in [3.63, 3.8) is 0 Å². The Hall–Kier alpha value is -7.42. The molecule has 0 aliphatic heterocycles. The van der Waals surface area contributed by atoms with Gasteiger partial charge in [0.25, 0.3) is 0 Å². The summed E-state index contributed by atoms with van der Waals surface area (Å²) in [5.74, 6) is 0. The van der Waals surface area contributed by atoms with E-state index >= 15 is 0 Å². The highest BCUT2D eigenvalue weighted by atomic mass is 16.3. The van der Waals surface area contributed by atoms with E-state index in [2.05, 4.69) is 211 Å². The fourth-order valence-corrected chi connectivity index (χ4v) is 8.74. The summed E-state index contributed by atoms with van der Waals surface area (Å²) in [6.45, 7) is 0. The van der Waals surface area contributed by atoms with E-state index in [1.165, 1.54) is 65.5 Å². The number of para-hydroxylation sites is 2. The number of hydrogen-bond acceptors (Lipinski definition) is 2. The maximum absolute atomic E-state index is 6.40. The van der Waals surface area contributed by atoms with Gasteiger partial charge in [-0.15, -0.1) is 0 Å². The maximum atomic E-state index is 6.40. The summed E-state index contributed by atoms with van der Waals surface area (Å²) in [7, 11) is 0. The third-order valence-electron chi connectivity index (χ3n) is 11.2. The van der Waals surface area contributed by atoms with E-state index in [0.29, 0.717) is 0 Å². The molecule has 0 saturated heterocycles. The van der Waals surface area contributed by atoms with Crippen LogP contribution in [0.25, 0.3) is 87.6 Å². The molecule has 1 aromatic heterocycles. The van der Waals surface area contributed by atoms with Crippen LogP contribution in [-0.2, 0) is 0 Å². The molecule has 262 valence electrons. The number of hydrogen-bond donors (Lipinski definition) is 0. The fraction of sp³-hybridized carbons (Fsp3) is 0. The molecular formula is C54H35NO. The maximum Gasteiger partial charge on any atom is 0.136 e. The number of nitrogens with zero attached hydrogens (tertiary/aromatic N) is 1. The van der Waals surface area contributed by atoms with E-state index in [9.17, 15) is 0 Å². The van der Waals surface area contributed by atoms with Crippen LogP contribution in [0.5, 0.6) is 0 Å². The van der Waals surface area contributed by atoms with Gasteiger partial charge in [0.2, 0.25) is 0 Å². The second-order valence-electron chi connectivity index (χ2n) is 14.4. The number of benzene rings is 10. The van der Waals surface area contributed by atoms with Crippen molar-refractivity contribution in [1.29, 1.82) is 0 Å². The molecule has 0 fully saturated rings. The number of anilines is 3. The quantitative estimate of drug-likeness (QED) is 0.160. The van der Waals surface area contributed by atoms with Crippen LogP contribution in [0.15, 0.2) is 217 Å². The third-order valence-corrected chi connectivity index (χ3v) is 11.2. The molecule has 10 aromatic carbocycles. The van der Waals surface area contributed by atoms with Gasteiger partial charge >= 0.3 is 0 Å². The van der Waals surface area contributed by atoms with Crippen LogP contribution in [0, 0.1) is 0 Å². The fourth-order valence-electron chi connectivity index (χ4n) is 8.74. The Morgan fingerprint density at radius 2 is 0.821 bits per heavy atom. The van der Waals surface area contributed by atoms with Crippen molar-refractivity contribution in [2.75, 3.05) is 4.90 Å². The average molecular weight is 714 g/mol. The Morgan fingerprint density at radius 1 is 0.286 bits per heavy atom. The second-order valence-corrected chi connectivity index (χ2v) is 14.4. The lowest BCUT2D eigenvalue weighted by Gasteiger charge is -2.29. The standard InChI is InChI=1S/C54H35NO/c1-3-15-36(16-4-1)38-29-31-40(32-30-38)55(41-20-13-19-39(35-41)37-17-5-2-6-18-37)49-27-11-9-21-42(49)43-25-14-26-45-47-33-34-51-54(48-24-10-12-28-50(48)56-51)53(47)46-23-8-7-22-44(46)52(43)45/h1-35H. The summed E-state index contributed by atoms with van der Waals surface area (Å²) in [5, 5.41) is 9.69. The highest BCUT2D eigenvalue weighted by Gasteiger charge is 2.22. The highest BCUT2D eigenvalue weighted by Crippen LogP contribution is 2.48. The Balaban J connectivity index is 1.17. The summed E-state index contributed by atoms with van der Waals surface area (Å²) < 4.78 is 6.40. The molecule has 56 heavy (non-hydrogen) atoms. The first-order chi connectivity index (χ1) is 27.8. The zero-order valence-corrected chi connectivity index (χ0v) is 30.6. The molecule has 0 bridgehead atoms. The van der Waals surface area contributed by atoms with E-state index in [1.54, 1.807) is 0 Å². The minimum atomic E-state index is 0.912. The zero-order valence-electron chi connectivity index (χ0n) is 30.6. The van der Waals surface area contributed by atoms with Crippen molar-refractivity contribution in [2.24, 2.45) is 0 Å². The van der Waals surface area contributed by atoms with Crippen molar-refractivity contribution in [3.05, 3.63) is 212 Å². The van der Waals surface area contributed by atoms with E-state index in [0.717, 1.165) is 39.2 Å². The second kappa shape index (κ2) is 13.2. The smallest absolute Gasteiger partial charge is 0.136 e. The molecule has 2 nitrogen and oxygen atoms in total. The number of fused-ring (bicyclic) bond motifs is 10. The molecule has 1 heterocycles. The molecule has 2 heteroatoms. The van der Waals surface area contributed by atoms with Gasteiger partial charge in [0.15, 0.2) is 0 Å². The van der Waals surface area contributed by atoms with E-state index < -0.39 is 0 Å². The van der Waals surface area contributed by atoms with Gasteiger partial charge < -0.3 is 9.32 Å². The van der Waals surface area contributed by atoms with Gasteiger partial charge in [-0.05, 0) is 103 Å². The van der Waals surface area contributed by atoms with Crippen LogP contribution in [-0.4, -0.2) is 0 Å². The molecule has 0 atom stereocenters. The topological polar surface area (TPSA) is 16.4 Å². The summed E-state index contributed by atoms with van der Waals surface area (Å²) >= 11 is 0. The summed E-state index contributed by atoms with van der Waals surface area (Å²) in [6, 6.07) is 76.4. The van der Waals surface area contributed by atoms with Gasteiger partial charge in [0, 0.05) is 33.1 Å². The first kappa shape index (κ1) is 32.0. The largest absolute Gasteiger partial charge is 0.456 e. The Bertz CT molecular complexity index is 3200. The van der Waals surface area contributed by atoms with Crippen LogP contribution in [0.3, 0.4) is 0 Å². The van der Waals surface area contributed by atoms with E-state index in [-0.39, 0.29) is 0 Å². The van der Waals surface area contributed by atoms with E-state index in [4.69, 9.17) is 4.42 Å². The SMILES string of the molecule is c1ccc(-c2ccc(N(c3cccc(-c4ccccc4)c3)c3ccccc3-c3cccc4c5ccc6oc7ccccc7c6c5c5ccccc5c34)cc2)cc1. The summed E-state index contributed by atoms with van der Waals surface area (Å²) in [5.41, 5.74) is 12.2. The molecule has 0 aliphatic rings. The molecule has 0 spiro atoms. The molecule has 0 aliphatic carbocycles. The first-order valence-corrected chi connectivity index (χ1v) is 19.2. The molecule has 0 saturated carbocycles. The van der Waals surface area contributed by atoms with Crippen LogP contribution < -0.4 is 4.90 Å². The molecule has 0 amide bonds. The normalized spacial score (nSPS) is 11.6.